The molecule has 2 aromatic rings. The molecule has 2 aromatic carbocycles. The van der Waals surface area contributed by atoms with Crippen molar-refractivity contribution in [1.82, 2.24) is 0 Å². The zero-order chi connectivity index (χ0) is 23.5. The molecule has 0 atom stereocenters. The summed E-state index contributed by atoms with van der Waals surface area (Å²) in [5.74, 6) is -2.71. The van der Waals surface area contributed by atoms with Crippen molar-refractivity contribution in [2.75, 3.05) is 6.61 Å². The van der Waals surface area contributed by atoms with Crippen molar-refractivity contribution in [2.45, 2.75) is 89.4 Å². The standard InChI is InChI=1S/C28H34F4O/c1-3-17-5-7-18(8-6-17)21-13-14-22(26(30)25(21)29)19-9-11-20(12-10-19)23-15-16-24(33-4-2)28(32)27(23)31/h13-20H,3-12H2,1-2H3. The van der Waals surface area contributed by atoms with Gasteiger partial charge in [-0.3, -0.25) is 0 Å². The Morgan fingerprint density at radius 1 is 0.606 bits per heavy atom. The van der Waals surface area contributed by atoms with E-state index in [1.807, 2.05) is 0 Å². The molecule has 2 aliphatic rings. The Morgan fingerprint density at radius 2 is 1.00 bits per heavy atom. The molecular formula is C28H34F4O. The minimum absolute atomic E-state index is 0.0757. The maximum atomic E-state index is 15.1. The maximum Gasteiger partial charge on any atom is 0.200 e. The van der Waals surface area contributed by atoms with Gasteiger partial charge < -0.3 is 4.74 Å². The van der Waals surface area contributed by atoms with E-state index in [2.05, 4.69) is 6.92 Å². The lowest BCUT2D eigenvalue weighted by Crippen LogP contribution is -2.17. The molecule has 2 saturated carbocycles. The fourth-order valence-electron chi connectivity index (χ4n) is 5.94. The van der Waals surface area contributed by atoms with Crippen LogP contribution in [-0.2, 0) is 0 Å². The molecule has 0 bridgehead atoms. The van der Waals surface area contributed by atoms with Crippen LogP contribution in [0.5, 0.6) is 5.75 Å². The predicted molar refractivity (Wildman–Crippen MR) is 123 cm³/mol. The average Bonchev–Trinajstić information content (AvgIpc) is 2.84. The molecule has 2 fully saturated rings. The molecule has 0 amide bonds. The quantitative estimate of drug-likeness (QED) is 0.390. The van der Waals surface area contributed by atoms with E-state index in [0.29, 0.717) is 48.3 Å². The smallest absolute Gasteiger partial charge is 0.200 e. The predicted octanol–water partition coefficient (Wildman–Crippen LogP) is 8.77. The molecule has 1 nitrogen and oxygen atoms in total. The topological polar surface area (TPSA) is 9.23 Å². The molecule has 0 aromatic heterocycles. The van der Waals surface area contributed by atoms with Crippen molar-refractivity contribution in [3.8, 4) is 5.75 Å². The minimum Gasteiger partial charge on any atom is -0.491 e. The Kier molecular flexibility index (Phi) is 7.65. The normalized spacial score (nSPS) is 25.8. The molecule has 0 radical (unpaired) electrons. The van der Waals surface area contributed by atoms with Crippen LogP contribution in [0, 0.1) is 29.2 Å². The van der Waals surface area contributed by atoms with Crippen molar-refractivity contribution in [3.63, 3.8) is 0 Å². The lowest BCUT2D eigenvalue weighted by atomic mass is 9.74. The van der Waals surface area contributed by atoms with Gasteiger partial charge in [0.05, 0.1) is 6.61 Å². The van der Waals surface area contributed by atoms with Gasteiger partial charge in [0.2, 0.25) is 5.82 Å². The van der Waals surface area contributed by atoms with Crippen molar-refractivity contribution in [2.24, 2.45) is 5.92 Å². The first-order valence-corrected chi connectivity index (χ1v) is 12.5. The molecule has 0 N–H and O–H groups in total. The summed E-state index contributed by atoms with van der Waals surface area (Å²) in [6, 6.07) is 6.63. The second kappa shape index (κ2) is 10.5. The number of ether oxygens (including phenoxy) is 1. The van der Waals surface area contributed by atoms with E-state index < -0.39 is 23.3 Å². The third kappa shape index (κ3) is 4.93. The lowest BCUT2D eigenvalue weighted by molar-refractivity contribution is 0.309. The average molecular weight is 463 g/mol. The Hall–Kier alpha value is -2.04. The van der Waals surface area contributed by atoms with Gasteiger partial charge in [0.1, 0.15) is 0 Å². The van der Waals surface area contributed by atoms with Crippen LogP contribution in [-0.4, -0.2) is 6.61 Å². The number of hydrogen-bond donors (Lipinski definition) is 0. The van der Waals surface area contributed by atoms with Crippen LogP contribution in [0.4, 0.5) is 17.6 Å². The SMILES string of the molecule is CCOc1ccc(C2CCC(c3ccc(C4CCC(CC)CC4)c(F)c3F)CC2)c(F)c1F. The number of hydrogen-bond acceptors (Lipinski definition) is 1. The Labute approximate surface area is 194 Å². The van der Waals surface area contributed by atoms with Crippen LogP contribution < -0.4 is 4.74 Å². The fraction of sp³-hybridized carbons (Fsp3) is 0.571. The van der Waals surface area contributed by atoms with Gasteiger partial charge >= 0.3 is 0 Å². The zero-order valence-corrected chi connectivity index (χ0v) is 19.6. The summed E-state index contributed by atoms with van der Waals surface area (Å²) in [6.07, 6.45) is 7.61. The van der Waals surface area contributed by atoms with Gasteiger partial charge in [-0.2, -0.15) is 4.39 Å². The second-order valence-corrected chi connectivity index (χ2v) is 9.76. The molecule has 0 saturated heterocycles. The van der Waals surface area contributed by atoms with Crippen molar-refractivity contribution >= 4 is 0 Å². The van der Waals surface area contributed by atoms with Gasteiger partial charge in [0, 0.05) is 0 Å². The summed E-state index contributed by atoms with van der Waals surface area (Å²) in [6.45, 7) is 4.18. The zero-order valence-electron chi connectivity index (χ0n) is 19.6. The summed E-state index contributed by atoms with van der Waals surface area (Å²) in [7, 11) is 0. The minimum atomic E-state index is -0.951. The summed E-state index contributed by atoms with van der Waals surface area (Å²) < 4.78 is 64.2. The van der Waals surface area contributed by atoms with Crippen LogP contribution in [0.3, 0.4) is 0 Å². The van der Waals surface area contributed by atoms with Gasteiger partial charge in [-0.25, -0.2) is 13.2 Å². The van der Waals surface area contributed by atoms with Crippen molar-refractivity contribution < 1.29 is 22.3 Å². The van der Waals surface area contributed by atoms with Crippen LogP contribution >= 0.6 is 0 Å². The second-order valence-electron chi connectivity index (χ2n) is 9.76. The van der Waals surface area contributed by atoms with Gasteiger partial charge in [0.15, 0.2) is 23.2 Å². The number of halogens is 4. The molecule has 33 heavy (non-hydrogen) atoms. The maximum absolute atomic E-state index is 15.1. The highest BCUT2D eigenvalue weighted by molar-refractivity contribution is 5.35. The van der Waals surface area contributed by atoms with Crippen molar-refractivity contribution in [1.29, 1.82) is 0 Å². The van der Waals surface area contributed by atoms with Crippen LogP contribution in [0.2, 0.25) is 0 Å². The molecule has 180 valence electrons. The third-order valence-corrected chi connectivity index (χ3v) is 7.99. The largest absolute Gasteiger partial charge is 0.491 e. The summed E-state index contributed by atoms with van der Waals surface area (Å²) in [4.78, 5) is 0. The van der Waals surface area contributed by atoms with Gasteiger partial charge in [-0.1, -0.05) is 31.5 Å². The third-order valence-electron chi connectivity index (χ3n) is 7.99. The highest BCUT2D eigenvalue weighted by Crippen LogP contribution is 2.44. The molecule has 0 heterocycles. The fourth-order valence-corrected chi connectivity index (χ4v) is 5.94. The van der Waals surface area contributed by atoms with E-state index in [-0.39, 0.29) is 30.1 Å². The summed E-state index contributed by atoms with van der Waals surface area (Å²) in [5.41, 5.74) is 1.29. The summed E-state index contributed by atoms with van der Waals surface area (Å²) >= 11 is 0. The summed E-state index contributed by atoms with van der Waals surface area (Å²) in [5, 5.41) is 0. The van der Waals surface area contributed by atoms with E-state index in [0.717, 1.165) is 32.1 Å². The first-order chi connectivity index (χ1) is 15.9. The molecule has 2 aliphatic carbocycles. The molecule has 0 aliphatic heterocycles. The van der Waals surface area contributed by atoms with E-state index in [4.69, 9.17) is 4.74 Å². The van der Waals surface area contributed by atoms with E-state index in [9.17, 15) is 8.78 Å². The monoisotopic (exact) mass is 462 g/mol. The van der Waals surface area contributed by atoms with E-state index in [1.165, 1.54) is 6.07 Å². The highest BCUT2D eigenvalue weighted by Gasteiger charge is 2.31. The molecule has 0 unspecified atom stereocenters. The van der Waals surface area contributed by atoms with E-state index in [1.54, 1.807) is 25.1 Å². The lowest BCUT2D eigenvalue weighted by Gasteiger charge is -2.31. The van der Waals surface area contributed by atoms with Crippen LogP contribution in [0.15, 0.2) is 24.3 Å². The van der Waals surface area contributed by atoms with Crippen LogP contribution in [0.25, 0.3) is 0 Å². The molecule has 4 rings (SSSR count). The molecular weight excluding hydrogens is 428 g/mol. The Bertz CT molecular complexity index is 957. The Balaban J connectivity index is 1.44. The van der Waals surface area contributed by atoms with Gasteiger partial charge in [-0.05, 0) is 105 Å². The van der Waals surface area contributed by atoms with Gasteiger partial charge in [-0.15, -0.1) is 0 Å². The van der Waals surface area contributed by atoms with Crippen LogP contribution in [0.1, 0.15) is 106 Å². The number of rotatable bonds is 6. The molecule has 5 heteroatoms. The van der Waals surface area contributed by atoms with Gasteiger partial charge in [0.25, 0.3) is 0 Å². The Morgan fingerprint density at radius 3 is 1.42 bits per heavy atom. The highest BCUT2D eigenvalue weighted by atomic mass is 19.2. The first kappa shape index (κ1) is 24.1. The first-order valence-electron chi connectivity index (χ1n) is 12.5. The van der Waals surface area contributed by atoms with E-state index >= 15 is 8.78 Å². The number of benzene rings is 2. The van der Waals surface area contributed by atoms with Crippen molar-refractivity contribution in [3.05, 3.63) is 64.2 Å². The molecule has 0 spiro atoms.